The summed E-state index contributed by atoms with van der Waals surface area (Å²) < 4.78 is 18.0. The normalized spacial score (nSPS) is 14.9. The smallest absolute Gasteiger partial charge is 0.323 e. The first-order valence-electron chi connectivity index (χ1n) is 12.6. The first-order chi connectivity index (χ1) is 19.9. The van der Waals surface area contributed by atoms with Gasteiger partial charge in [-0.05, 0) is 42.8 Å². The SMILES string of the molecule is Cc1cccc(CC(Oc2ccc(C=C3SC(=S)N(CC(=O)O)C3=O)c(OCc3ccccn3)c2)c2cocn2)c1. The number of aromatic nitrogens is 2. The molecule has 9 nitrogen and oxygen atoms in total. The van der Waals surface area contributed by atoms with Crippen LogP contribution in [0.1, 0.15) is 34.2 Å². The summed E-state index contributed by atoms with van der Waals surface area (Å²) in [4.78, 5) is 34.1. The van der Waals surface area contributed by atoms with Gasteiger partial charge in [-0.25, -0.2) is 4.98 Å². The average Bonchev–Trinajstić information content (AvgIpc) is 3.58. The second kappa shape index (κ2) is 12.8. The van der Waals surface area contributed by atoms with Gasteiger partial charge in [-0.3, -0.25) is 19.5 Å². The molecule has 208 valence electrons. The molecular weight excluding hydrogens is 562 g/mol. The highest BCUT2D eigenvalue weighted by Crippen LogP contribution is 2.36. The number of nitrogens with zero attached hydrogens (tertiary/aromatic N) is 3. The number of ether oxygens (including phenoxy) is 2. The molecule has 1 atom stereocenters. The summed E-state index contributed by atoms with van der Waals surface area (Å²) in [7, 11) is 0. The zero-order chi connectivity index (χ0) is 28.8. The van der Waals surface area contributed by atoms with Gasteiger partial charge < -0.3 is 19.0 Å². The maximum Gasteiger partial charge on any atom is 0.323 e. The standard InChI is InChI=1S/C30H25N3O6S2/c1-19-5-4-6-20(11-19)12-26(24-17-37-18-32-24)39-23-9-8-21(25(14-23)38-16-22-7-2-3-10-31-22)13-27-29(36)33(15-28(34)35)30(40)41-27/h2-11,13-14,17-18,26H,12,15-16H2,1H3,(H,34,35). The summed E-state index contributed by atoms with van der Waals surface area (Å²) in [5.41, 5.74) is 4.20. The molecule has 0 aliphatic carbocycles. The van der Waals surface area contributed by atoms with Gasteiger partial charge in [0.15, 0.2) is 6.39 Å². The number of carboxylic acids is 1. The summed E-state index contributed by atoms with van der Waals surface area (Å²) in [6.45, 7) is 1.72. The van der Waals surface area contributed by atoms with Crippen LogP contribution in [0.25, 0.3) is 6.08 Å². The highest BCUT2D eigenvalue weighted by Gasteiger charge is 2.33. The molecule has 2 aromatic carbocycles. The Labute approximate surface area is 245 Å². The fraction of sp³-hybridized carbons (Fsp3) is 0.167. The monoisotopic (exact) mass is 587 g/mol. The van der Waals surface area contributed by atoms with Crippen molar-refractivity contribution in [1.29, 1.82) is 0 Å². The quantitative estimate of drug-likeness (QED) is 0.175. The first-order valence-corrected chi connectivity index (χ1v) is 13.8. The Morgan fingerprint density at radius 2 is 2.05 bits per heavy atom. The zero-order valence-corrected chi connectivity index (χ0v) is 23.6. The van der Waals surface area contributed by atoms with Gasteiger partial charge in [-0.1, -0.05) is 59.9 Å². The number of aliphatic carboxylic acids is 1. The van der Waals surface area contributed by atoms with E-state index >= 15 is 0 Å². The van der Waals surface area contributed by atoms with Crippen LogP contribution in [-0.4, -0.2) is 42.7 Å². The van der Waals surface area contributed by atoms with Gasteiger partial charge in [-0.2, -0.15) is 0 Å². The number of benzene rings is 2. The summed E-state index contributed by atoms with van der Waals surface area (Å²) in [6, 6.07) is 19.0. The summed E-state index contributed by atoms with van der Waals surface area (Å²) >= 11 is 6.28. The third-order valence-electron chi connectivity index (χ3n) is 6.10. The van der Waals surface area contributed by atoms with Crippen molar-refractivity contribution < 1.29 is 28.6 Å². The number of oxazole rings is 1. The van der Waals surface area contributed by atoms with Crippen LogP contribution in [0.4, 0.5) is 0 Å². The summed E-state index contributed by atoms with van der Waals surface area (Å²) in [5, 5.41) is 9.15. The van der Waals surface area contributed by atoms with Crippen LogP contribution in [0.5, 0.6) is 11.5 Å². The lowest BCUT2D eigenvalue weighted by Gasteiger charge is -2.19. The molecule has 3 heterocycles. The lowest BCUT2D eigenvalue weighted by molar-refractivity contribution is -0.140. The molecule has 1 aliphatic rings. The van der Waals surface area contributed by atoms with Crippen molar-refractivity contribution in [2.45, 2.75) is 26.1 Å². The van der Waals surface area contributed by atoms with Crippen molar-refractivity contribution in [3.05, 3.63) is 113 Å². The molecule has 41 heavy (non-hydrogen) atoms. The largest absolute Gasteiger partial charge is 0.487 e. The summed E-state index contributed by atoms with van der Waals surface area (Å²) in [5.74, 6) is -0.637. The topological polar surface area (TPSA) is 115 Å². The number of pyridine rings is 1. The Morgan fingerprint density at radius 1 is 1.17 bits per heavy atom. The molecule has 0 radical (unpaired) electrons. The van der Waals surface area contributed by atoms with Crippen LogP contribution in [0.2, 0.25) is 0 Å². The van der Waals surface area contributed by atoms with Crippen LogP contribution in [0.3, 0.4) is 0 Å². The molecule has 1 unspecified atom stereocenters. The minimum absolute atomic E-state index is 0.182. The van der Waals surface area contributed by atoms with Crippen LogP contribution in [-0.2, 0) is 22.6 Å². The molecule has 0 spiro atoms. The Kier molecular flexibility index (Phi) is 8.76. The fourth-order valence-electron chi connectivity index (χ4n) is 4.19. The molecule has 5 rings (SSSR count). The van der Waals surface area contributed by atoms with Crippen LogP contribution >= 0.6 is 24.0 Å². The fourth-order valence-corrected chi connectivity index (χ4v) is 5.43. The number of rotatable bonds is 11. The highest BCUT2D eigenvalue weighted by atomic mass is 32.2. The molecule has 1 amide bonds. The molecule has 0 bridgehead atoms. The molecular formula is C30H25N3O6S2. The maximum absolute atomic E-state index is 12.9. The zero-order valence-electron chi connectivity index (χ0n) is 21.9. The van der Waals surface area contributed by atoms with E-state index in [1.165, 1.54) is 6.39 Å². The van der Waals surface area contributed by atoms with Gasteiger partial charge in [0.25, 0.3) is 5.91 Å². The second-order valence-electron chi connectivity index (χ2n) is 9.18. The van der Waals surface area contributed by atoms with Gasteiger partial charge in [0.2, 0.25) is 0 Å². The Bertz CT molecular complexity index is 1590. The van der Waals surface area contributed by atoms with E-state index in [2.05, 4.69) is 16.0 Å². The van der Waals surface area contributed by atoms with Crippen molar-refractivity contribution in [3.8, 4) is 11.5 Å². The van der Waals surface area contributed by atoms with Gasteiger partial charge in [0.1, 0.15) is 47.0 Å². The third-order valence-corrected chi connectivity index (χ3v) is 7.48. The molecule has 1 fully saturated rings. The minimum Gasteiger partial charge on any atom is -0.487 e. The molecule has 1 aliphatic heterocycles. The van der Waals surface area contributed by atoms with E-state index in [4.69, 9.17) is 31.2 Å². The maximum atomic E-state index is 12.9. The van der Waals surface area contributed by atoms with E-state index in [0.29, 0.717) is 34.1 Å². The van der Waals surface area contributed by atoms with E-state index in [1.54, 1.807) is 36.7 Å². The number of hydrogen-bond donors (Lipinski definition) is 1. The van der Waals surface area contributed by atoms with E-state index in [0.717, 1.165) is 33.5 Å². The Balaban J connectivity index is 1.45. The lowest BCUT2D eigenvalue weighted by atomic mass is 10.0. The molecule has 0 saturated carbocycles. The number of thiocarbonyl (C=S) groups is 1. The predicted molar refractivity (Wildman–Crippen MR) is 157 cm³/mol. The Hall–Kier alpha value is -4.48. The molecule has 1 N–H and O–H groups in total. The van der Waals surface area contributed by atoms with Crippen molar-refractivity contribution in [2.24, 2.45) is 0 Å². The first kappa shape index (κ1) is 28.1. The lowest BCUT2D eigenvalue weighted by Crippen LogP contribution is -2.33. The predicted octanol–water partition coefficient (Wildman–Crippen LogP) is 5.61. The number of amides is 1. The van der Waals surface area contributed by atoms with Crippen molar-refractivity contribution in [1.82, 2.24) is 14.9 Å². The number of thioether (sulfide) groups is 1. The van der Waals surface area contributed by atoms with E-state index in [-0.39, 0.29) is 10.9 Å². The van der Waals surface area contributed by atoms with E-state index < -0.39 is 24.5 Å². The number of aryl methyl sites for hydroxylation is 1. The minimum atomic E-state index is -1.14. The Morgan fingerprint density at radius 3 is 2.78 bits per heavy atom. The molecule has 4 aromatic rings. The van der Waals surface area contributed by atoms with Crippen LogP contribution in [0.15, 0.2) is 88.8 Å². The van der Waals surface area contributed by atoms with Gasteiger partial charge in [-0.15, -0.1) is 0 Å². The van der Waals surface area contributed by atoms with Crippen LogP contribution < -0.4 is 9.47 Å². The van der Waals surface area contributed by atoms with Crippen LogP contribution in [0, 0.1) is 6.92 Å². The number of hydrogen-bond acceptors (Lipinski definition) is 9. The van der Waals surface area contributed by atoms with Crippen molar-refractivity contribution in [2.75, 3.05) is 6.54 Å². The highest BCUT2D eigenvalue weighted by molar-refractivity contribution is 8.26. The van der Waals surface area contributed by atoms with E-state index in [9.17, 15) is 9.59 Å². The number of carbonyl (C=O) groups excluding carboxylic acids is 1. The molecule has 2 aromatic heterocycles. The molecule has 11 heteroatoms. The second-order valence-corrected chi connectivity index (χ2v) is 10.9. The van der Waals surface area contributed by atoms with Crippen molar-refractivity contribution >= 4 is 46.3 Å². The molecule has 1 saturated heterocycles. The van der Waals surface area contributed by atoms with Gasteiger partial charge >= 0.3 is 5.97 Å². The van der Waals surface area contributed by atoms with Crippen molar-refractivity contribution in [3.63, 3.8) is 0 Å². The third kappa shape index (κ3) is 7.19. The van der Waals surface area contributed by atoms with E-state index in [1.807, 2.05) is 43.3 Å². The van der Waals surface area contributed by atoms with Gasteiger partial charge in [0, 0.05) is 24.2 Å². The average molecular weight is 588 g/mol. The number of carbonyl (C=O) groups is 2. The summed E-state index contributed by atoms with van der Waals surface area (Å²) in [6.07, 6.45) is 6.38. The number of carboxylic acid groups (broad SMARTS) is 1. The van der Waals surface area contributed by atoms with Gasteiger partial charge in [0.05, 0.1) is 10.6 Å².